The first-order valence-electron chi connectivity index (χ1n) is 8.37. The molecule has 0 aromatic heterocycles. The third-order valence-electron chi connectivity index (χ3n) is 5.44. The van der Waals surface area contributed by atoms with Crippen molar-refractivity contribution < 1.29 is 4.74 Å². The van der Waals surface area contributed by atoms with E-state index < -0.39 is 0 Å². The Balaban J connectivity index is 1.96. The molecule has 1 spiro atoms. The molecule has 3 heteroatoms. The topological polar surface area (TPSA) is 15.7 Å². The summed E-state index contributed by atoms with van der Waals surface area (Å²) in [6.45, 7) is 19.5. The summed E-state index contributed by atoms with van der Waals surface area (Å²) in [5, 5.41) is 0. The summed E-state index contributed by atoms with van der Waals surface area (Å²) in [4.78, 5) is 5.26. The van der Waals surface area contributed by atoms with Crippen LogP contribution in [-0.4, -0.2) is 59.8 Å². The molecule has 0 N–H and O–H groups in total. The number of nitrogens with zero attached hydrogens (tertiary/aromatic N) is 2. The summed E-state index contributed by atoms with van der Waals surface area (Å²) in [5.41, 5.74) is 0.421. The van der Waals surface area contributed by atoms with E-state index in [1.807, 2.05) is 0 Å². The first-order chi connectivity index (χ1) is 9.23. The smallest absolute Gasteiger partial charge is 0.0833 e. The van der Waals surface area contributed by atoms with Gasteiger partial charge in [0.15, 0.2) is 0 Å². The molecule has 2 aliphatic heterocycles. The quantitative estimate of drug-likeness (QED) is 0.774. The fourth-order valence-corrected chi connectivity index (χ4v) is 3.53. The van der Waals surface area contributed by atoms with E-state index in [2.05, 4.69) is 51.3 Å². The van der Waals surface area contributed by atoms with E-state index in [4.69, 9.17) is 4.74 Å². The fraction of sp³-hybridized carbons (Fsp3) is 1.00. The van der Waals surface area contributed by atoms with Crippen molar-refractivity contribution in [2.45, 2.75) is 71.6 Å². The molecule has 20 heavy (non-hydrogen) atoms. The van der Waals surface area contributed by atoms with Gasteiger partial charge in [0.1, 0.15) is 0 Å². The van der Waals surface area contributed by atoms with Crippen LogP contribution in [0.25, 0.3) is 0 Å². The lowest BCUT2D eigenvalue weighted by Crippen LogP contribution is -2.60. The van der Waals surface area contributed by atoms with Crippen LogP contribution in [-0.2, 0) is 4.74 Å². The first-order valence-corrected chi connectivity index (χ1v) is 8.37. The van der Waals surface area contributed by atoms with Gasteiger partial charge in [-0.25, -0.2) is 0 Å². The van der Waals surface area contributed by atoms with Crippen LogP contribution in [0.15, 0.2) is 0 Å². The lowest BCUT2D eigenvalue weighted by molar-refractivity contribution is -0.150. The molecule has 0 bridgehead atoms. The van der Waals surface area contributed by atoms with Crippen molar-refractivity contribution >= 4 is 0 Å². The molecule has 0 unspecified atom stereocenters. The number of morpholine rings is 1. The van der Waals surface area contributed by atoms with E-state index >= 15 is 0 Å². The molecule has 2 saturated heterocycles. The number of piperidine rings is 1. The Morgan fingerprint density at radius 3 is 2.10 bits per heavy atom. The molecule has 0 aliphatic carbocycles. The average molecular weight is 282 g/mol. The highest BCUT2D eigenvalue weighted by atomic mass is 16.5. The highest BCUT2D eigenvalue weighted by Crippen LogP contribution is 2.33. The van der Waals surface area contributed by atoms with Crippen LogP contribution >= 0.6 is 0 Å². The van der Waals surface area contributed by atoms with Gasteiger partial charge in [-0.2, -0.15) is 0 Å². The van der Waals surface area contributed by atoms with Gasteiger partial charge in [0, 0.05) is 37.8 Å². The van der Waals surface area contributed by atoms with Crippen molar-refractivity contribution in [3.05, 3.63) is 0 Å². The van der Waals surface area contributed by atoms with E-state index in [1.54, 1.807) is 0 Å². The highest BCUT2D eigenvalue weighted by molar-refractivity contribution is 4.96. The molecule has 0 aromatic rings. The third-order valence-corrected chi connectivity index (χ3v) is 5.44. The summed E-state index contributed by atoms with van der Waals surface area (Å²) in [7, 11) is 0. The maximum Gasteiger partial charge on any atom is 0.0833 e. The second kappa shape index (κ2) is 5.94. The molecule has 1 atom stereocenters. The predicted molar refractivity (Wildman–Crippen MR) is 85.1 cm³/mol. The van der Waals surface area contributed by atoms with Crippen LogP contribution in [0.2, 0.25) is 0 Å². The van der Waals surface area contributed by atoms with Gasteiger partial charge in [-0.3, -0.25) is 9.80 Å². The van der Waals surface area contributed by atoms with Crippen molar-refractivity contribution in [3.8, 4) is 0 Å². The molecule has 0 aromatic carbocycles. The van der Waals surface area contributed by atoms with Crippen molar-refractivity contribution in [2.75, 3.05) is 32.8 Å². The molecular weight excluding hydrogens is 248 g/mol. The normalized spacial score (nSPS) is 27.1. The van der Waals surface area contributed by atoms with Crippen molar-refractivity contribution in [1.29, 1.82) is 0 Å². The summed E-state index contributed by atoms with van der Waals surface area (Å²) in [6.07, 6.45) is 2.37. The standard InChI is InChI=1S/C17H34N2O/c1-14(2)15(3)18-11-12-20-17(13-18)7-9-19(10-8-17)16(4,5)6/h14-15H,7-13H2,1-6H3/t15-/m1/s1. The Morgan fingerprint density at radius 1 is 1.00 bits per heavy atom. The van der Waals surface area contributed by atoms with Crippen LogP contribution in [0.4, 0.5) is 0 Å². The average Bonchev–Trinajstić information content (AvgIpc) is 2.37. The molecule has 3 nitrogen and oxygen atoms in total. The van der Waals surface area contributed by atoms with E-state index in [1.165, 1.54) is 25.9 Å². The lowest BCUT2D eigenvalue weighted by Gasteiger charge is -2.51. The van der Waals surface area contributed by atoms with Gasteiger partial charge in [0.2, 0.25) is 0 Å². The van der Waals surface area contributed by atoms with E-state index in [-0.39, 0.29) is 5.60 Å². The zero-order valence-corrected chi connectivity index (χ0v) is 14.4. The van der Waals surface area contributed by atoms with E-state index in [9.17, 15) is 0 Å². The van der Waals surface area contributed by atoms with Crippen molar-refractivity contribution in [2.24, 2.45) is 5.92 Å². The zero-order chi connectivity index (χ0) is 15.0. The summed E-state index contributed by atoms with van der Waals surface area (Å²) in [6, 6.07) is 0.663. The van der Waals surface area contributed by atoms with Gasteiger partial charge >= 0.3 is 0 Å². The number of ether oxygens (including phenoxy) is 1. The highest BCUT2D eigenvalue weighted by Gasteiger charge is 2.42. The van der Waals surface area contributed by atoms with E-state index in [0.29, 0.717) is 11.6 Å². The number of rotatable bonds is 2. The Labute approximate surface area is 125 Å². The molecule has 0 amide bonds. The number of hydrogen-bond donors (Lipinski definition) is 0. The van der Waals surface area contributed by atoms with E-state index in [0.717, 1.165) is 25.6 Å². The van der Waals surface area contributed by atoms with Gasteiger partial charge in [0.05, 0.1) is 12.2 Å². The van der Waals surface area contributed by atoms with Crippen molar-refractivity contribution in [1.82, 2.24) is 9.80 Å². The van der Waals surface area contributed by atoms with Gasteiger partial charge in [-0.15, -0.1) is 0 Å². The monoisotopic (exact) mass is 282 g/mol. The molecule has 2 rings (SSSR count). The van der Waals surface area contributed by atoms with Gasteiger partial charge in [-0.1, -0.05) is 13.8 Å². The molecule has 118 valence electrons. The second-order valence-electron chi connectivity index (χ2n) is 8.14. The summed E-state index contributed by atoms with van der Waals surface area (Å²) in [5.74, 6) is 0.722. The number of likely N-dealkylation sites (tertiary alicyclic amines) is 1. The molecular formula is C17H34N2O. The summed E-state index contributed by atoms with van der Waals surface area (Å²) < 4.78 is 6.26. The zero-order valence-electron chi connectivity index (χ0n) is 14.4. The molecule has 0 radical (unpaired) electrons. The van der Waals surface area contributed by atoms with Gasteiger partial charge in [-0.05, 0) is 46.5 Å². The SMILES string of the molecule is CC(C)[C@@H](C)N1CCOC2(CCN(C(C)(C)C)CC2)C1. The molecule has 2 heterocycles. The van der Waals surface area contributed by atoms with Crippen LogP contribution in [0.3, 0.4) is 0 Å². The minimum atomic E-state index is 0.128. The Morgan fingerprint density at radius 2 is 1.60 bits per heavy atom. The van der Waals surface area contributed by atoms with Crippen LogP contribution in [0.5, 0.6) is 0 Å². The molecule has 2 aliphatic rings. The minimum absolute atomic E-state index is 0.128. The largest absolute Gasteiger partial charge is 0.372 e. The third kappa shape index (κ3) is 3.55. The first kappa shape index (κ1) is 16.3. The van der Waals surface area contributed by atoms with Crippen molar-refractivity contribution in [3.63, 3.8) is 0 Å². The molecule has 0 saturated carbocycles. The number of hydrogen-bond acceptors (Lipinski definition) is 3. The maximum absolute atomic E-state index is 6.26. The molecule has 2 fully saturated rings. The Kier molecular flexibility index (Phi) is 4.83. The van der Waals surface area contributed by atoms with Gasteiger partial charge in [0.25, 0.3) is 0 Å². The maximum atomic E-state index is 6.26. The van der Waals surface area contributed by atoms with Crippen LogP contribution in [0, 0.1) is 5.92 Å². The predicted octanol–water partition coefficient (Wildman–Crippen LogP) is 3.00. The Bertz CT molecular complexity index is 313. The van der Waals surface area contributed by atoms with Crippen LogP contribution in [0.1, 0.15) is 54.4 Å². The van der Waals surface area contributed by atoms with Gasteiger partial charge < -0.3 is 4.74 Å². The lowest BCUT2D eigenvalue weighted by atomic mass is 9.86. The summed E-state index contributed by atoms with van der Waals surface area (Å²) >= 11 is 0. The minimum Gasteiger partial charge on any atom is -0.372 e. The second-order valence-corrected chi connectivity index (χ2v) is 8.14. The van der Waals surface area contributed by atoms with Crippen LogP contribution < -0.4 is 0 Å². The Hall–Kier alpha value is -0.120. The fourth-order valence-electron chi connectivity index (χ4n) is 3.53.